The van der Waals surface area contributed by atoms with Crippen molar-refractivity contribution in [1.82, 2.24) is 4.90 Å². The maximum atomic E-state index is 11.9. The average Bonchev–Trinajstić information content (AvgIpc) is 2.69. The summed E-state index contributed by atoms with van der Waals surface area (Å²) in [6.07, 6.45) is 1.66. The van der Waals surface area contributed by atoms with E-state index in [9.17, 15) is 4.79 Å². The molecule has 1 aromatic rings. The summed E-state index contributed by atoms with van der Waals surface area (Å²) in [4.78, 5) is 13.6. The van der Waals surface area contributed by atoms with Gasteiger partial charge in [-0.2, -0.15) is 0 Å². The largest absolute Gasteiger partial charge is 0.468 e. The molecular weight excluding hydrogens is 222 g/mol. The van der Waals surface area contributed by atoms with Gasteiger partial charge in [-0.3, -0.25) is 4.79 Å². The number of nitrogens with zero attached hydrogens (tertiary/aromatic N) is 1. The minimum atomic E-state index is 0.0000926. The second-order valence-electron chi connectivity index (χ2n) is 4.29. The van der Waals surface area contributed by atoms with Crippen molar-refractivity contribution in [3.63, 3.8) is 0 Å². The molecule has 3 nitrogen and oxygen atoms in total. The third kappa shape index (κ3) is 3.59. The quantitative estimate of drug-likeness (QED) is 0.794. The van der Waals surface area contributed by atoms with Crippen LogP contribution in [-0.4, -0.2) is 30.2 Å². The van der Waals surface area contributed by atoms with Crippen LogP contribution in [-0.2, 0) is 10.5 Å². The number of amides is 1. The van der Waals surface area contributed by atoms with Crippen molar-refractivity contribution in [2.24, 2.45) is 5.92 Å². The first-order valence-corrected chi connectivity index (χ1v) is 6.42. The van der Waals surface area contributed by atoms with Crippen LogP contribution in [0.15, 0.2) is 22.8 Å². The van der Waals surface area contributed by atoms with Gasteiger partial charge in [0.1, 0.15) is 5.76 Å². The van der Waals surface area contributed by atoms with Crippen LogP contribution in [0.2, 0.25) is 0 Å². The van der Waals surface area contributed by atoms with Gasteiger partial charge < -0.3 is 9.32 Å². The number of carbonyl (C=O) groups is 1. The molecule has 0 N–H and O–H groups in total. The van der Waals surface area contributed by atoms with Crippen molar-refractivity contribution in [3.8, 4) is 0 Å². The van der Waals surface area contributed by atoms with E-state index in [0.717, 1.165) is 11.5 Å². The SMILES string of the molecule is CC(C)[C@H](SCc1ccco1)C(=O)N(C)C. The van der Waals surface area contributed by atoms with Gasteiger partial charge in [-0.05, 0) is 18.1 Å². The summed E-state index contributed by atoms with van der Waals surface area (Å²) in [6.45, 7) is 4.14. The Hall–Kier alpha value is -0.900. The third-order valence-electron chi connectivity index (χ3n) is 2.27. The molecule has 0 aliphatic carbocycles. The summed E-state index contributed by atoms with van der Waals surface area (Å²) in [5.74, 6) is 2.17. The molecule has 90 valence electrons. The molecule has 0 unspecified atom stereocenters. The van der Waals surface area contributed by atoms with Crippen molar-refractivity contribution in [2.45, 2.75) is 24.9 Å². The summed E-state index contributed by atoms with van der Waals surface area (Å²) in [6, 6.07) is 3.80. The summed E-state index contributed by atoms with van der Waals surface area (Å²) < 4.78 is 5.26. The molecule has 0 spiro atoms. The van der Waals surface area contributed by atoms with Crippen LogP contribution in [0.5, 0.6) is 0 Å². The van der Waals surface area contributed by atoms with Crippen molar-refractivity contribution in [2.75, 3.05) is 14.1 Å². The number of furan rings is 1. The topological polar surface area (TPSA) is 33.5 Å². The summed E-state index contributed by atoms with van der Waals surface area (Å²) in [7, 11) is 3.59. The fourth-order valence-electron chi connectivity index (χ4n) is 1.37. The molecule has 16 heavy (non-hydrogen) atoms. The molecule has 1 heterocycles. The van der Waals surface area contributed by atoms with Gasteiger partial charge in [-0.1, -0.05) is 13.8 Å². The van der Waals surface area contributed by atoms with E-state index in [-0.39, 0.29) is 11.2 Å². The van der Waals surface area contributed by atoms with Crippen LogP contribution >= 0.6 is 11.8 Å². The molecule has 1 amide bonds. The van der Waals surface area contributed by atoms with Crippen molar-refractivity contribution in [3.05, 3.63) is 24.2 Å². The van der Waals surface area contributed by atoms with E-state index in [1.807, 2.05) is 12.1 Å². The van der Waals surface area contributed by atoms with Crippen molar-refractivity contribution < 1.29 is 9.21 Å². The standard InChI is InChI=1S/C12H19NO2S/c1-9(2)11(12(14)13(3)4)16-8-10-6-5-7-15-10/h5-7,9,11H,8H2,1-4H3/t11-/m0/s1. The number of hydrogen-bond donors (Lipinski definition) is 0. The van der Waals surface area contributed by atoms with Gasteiger partial charge in [0, 0.05) is 14.1 Å². The Morgan fingerprint density at radius 1 is 1.50 bits per heavy atom. The van der Waals surface area contributed by atoms with Crippen LogP contribution < -0.4 is 0 Å². The monoisotopic (exact) mass is 241 g/mol. The fraction of sp³-hybridized carbons (Fsp3) is 0.583. The summed E-state index contributed by atoms with van der Waals surface area (Å²) in [5, 5.41) is 0.0000926. The smallest absolute Gasteiger partial charge is 0.235 e. The van der Waals surface area contributed by atoms with Crippen LogP contribution in [0.4, 0.5) is 0 Å². The van der Waals surface area contributed by atoms with Gasteiger partial charge in [0.05, 0.1) is 17.3 Å². The van der Waals surface area contributed by atoms with Crippen molar-refractivity contribution in [1.29, 1.82) is 0 Å². The zero-order valence-corrected chi connectivity index (χ0v) is 11.1. The minimum absolute atomic E-state index is 0.0000926. The lowest BCUT2D eigenvalue weighted by atomic mass is 10.1. The lowest BCUT2D eigenvalue weighted by molar-refractivity contribution is -0.128. The minimum Gasteiger partial charge on any atom is -0.468 e. The van der Waals surface area contributed by atoms with E-state index in [4.69, 9.17) is 4.42 Å². The molecule has 0 aliphatic rings. The van der Waals surface area contributed by atoms with E-state index < -0.39 is 0 Å². The second-order valence-corrected chi connectivity index (χ2v) is 5.42. The Labute approximate surface area is 101 Å². The van der Waals surface area contributed by atoms with E-state index in [2.05, 4.69) is 13.8 Å². The molecule has 0 aromatic carbocycles. The third-order valence-corrected chi connectivity index (χ3v) is 3.83. The highest BCUT2D eigenvalue weighted by atomic mass is 32.2. The van der Waals surface area contributed by atoms with Gasteiger partial charge in [0.2, 0.25) is 5.91 Å². The molecule has 1 aromatic heterocycles. The zero-order chi connectivity index (χ0) is 12.1. The Bertz CT molecular complexity index is 320. The van der Waals surface area contributed by atoms with Gasteiger partial charge in [0.15, 0.2) is 0 Å². The molecule has 0 fully saturated rings. The molecule has 1 rings (SSSR count). The molecular formula is C12H19NO2S. The maximum absolute atomic E-state index is 11.9. The van der Waals surface area contributed by atoms with E-state index in [0.29, 0.717) is 5.92 Å². The number of rotatable bonds is 5. The lowest BCUT2D eigenvalue weighted by Crippen LogP contribution is -2.34. The van der Waals surface area contributed by atoms with Crippen LogP contribution in [0.25, 0.3) is 0 Å². The first kappa shape index (κ1) is 13.2. The van der Waals surface area contributed by atoms with Gasteiger partial charge in [0.25, 0.3) is 0 Å². The fourth-order valence-corrected chi connectivity index (χ4v) is 2.62. The predicted octanol–water partition coefficient (Wildman–Crippen LogP) is 2.63. The molecule has 1 atom stereocenters. The molecule has 4 heteroatoms. The lowest BCUT2D eigenvalue weighted by Gasteiger charge is -2.22. The molecule has 0 bridgehead atoms. The van der Waals surface area contributed by atoms with E-state index in [1.54, 1.807) is 37.0 Å². The first-order valence-electron chi connectivity index (χ1n) is 5.37. The first-order chi connectivity index (χ1) is 7.52. The second kappa shape index (κ2) is 5.99. The summed E-state index contributed by atoms with van der Waals surface area (Å²) in [5.41, 5.74) is 0. The molecule has 0 saturated carbocycles. The van der Waals surface area contributed by atoms with E-state index in [1.165, 1.54) is 0 Å². The highest BCUT2D eigenvalue weighted by molar-refractivity contribution is 7.99. The van der Waals surface area contributed by atoms with Crippen molar-refractivity contribution >= 4 is 17.7 Å². The summed E-state index contributed by atoms with van der Waals surface area (Å²) >= 11 is 1.64. The van der Waals surface area contributed by atoms with Gasteiger partial charge >= 0.3 is 0 Å². The molecule has 0 radical (unpaired) electrons. The maximum Gasteiger partial charge on any atom is 0.235 e. The number of carbonyl (C=O) groups excluding carboxylic acids is 1. The van der Waals surface area contributed by atoms with Gasteiger partial charge in [-0.25, -0.2) is 0 Å². The zero-order valence-electron chi connectivity index (χ0n) is 10.3. The Morgan fingerprint density at radius 3 is 2.62 bits per heavy atom. The highest BCUT2D eigenvalue weighted by Gasteiger charge is 2.24. The highest BCUT2D eigenvalue weighted by Crippen LogP contribution is 2.25. The van der Waals surface area contributed by atoms with Gasteiger partial charge in [-0.15, -0.1) is 11.8 Å². The van der Waals surface area contributed by atoms with Crippen LogP contribution in [0, 0.1) is 5.92 Å². The Balaban J connectivity index is 2.55. The van der Waals surface area contributed by atoms with Crippen LogP contribution in [0.3, 0.4) is 0 Å². The molecule has 0 saturated heterocycles. The number of thioether (sulfide) groups is 1. The van der Waals surface area contributed by atoms with Crippen LogP contribution in [0.1, 0.15) is 19.6 Å². The predicted molar refractivity (Wildman–Crippen MR) is 67.3 cm³/mol. The van der Waals surface area contributed by atoms with E-state index >= 15 is 0 Å². The Kier molecular flexibility index (Phi) is 4.93. The average molecular weight is 241 g/mol. The number of hydrogen-bond acceptors (Lipinski definition) is 3. The normalized spacial score (nSPS) is 12.8. The molecule has 0 aliphatic heterocycles. The Morgan fingerprint density at radius 2 is 2.19 bits per heavy atom.